The Balaban J connectivity index is 1.78. The monoisotopic (exact) mass is 440 g/mol. The smallest absolute Gasteiger partial charge is 0.325 e. The third-order valence-corrected chi connectivity index (χ3v) is 3.89. The van der Waals surface area contributed by atoms with E-state index in [4.69, 9.17) is 4.74 Å². The molecule has 0 atom stereocenters. The molecule has 2 amide bonds. The molecule has 0 saturated carbocycles. The Morgan fingerprint density at radius 1 is 1.11 bits per heavy atom. The number of halogens is 3. The summed E-state index contributed by atoms with van der Waals surface area (Å²) in [6.07, 6.45) is 0. The third kappa shape index (κ3) is 6.14. The number of anilines is 1. The van der Waals surface area contributed by atoms with Gasteiger partial charge in [-0.25, -0.2) is 8.78 Å². The van der Waals surface area contributed by atoms with E-state index >= 15 is 0 Å². The van der Waals surface area contributed by atoms with Crippen LogP contribution in [0.2, 0.25) is 0 Å². The van der Waals surface area contributed by atoms with Crippen molar-refractivity contribution in [1.82, 2.24) is 5.32 Å². The molecule has 2 aromatic rings. The lowest BCUT2D eigenvalue weighted by Gasteiger charge is -2.10. The van der Waals surface area contributed by atoms with Crippen molar-refractivity contribution in [3.8, 4) is 0 Å². The van der Waals surface area contributed by atoms with E-state index in [0.29, 0.717) is 11.8 Å². The first kappa shape index (κ1) is 20.5. The molecule has 2 rings (SSSR count). The van der Waals surface area contributed by atoms with Gasteiger partial charge in [0, 0.05) is 16.2 Å². The lowest BCUT2D eigenvalue weighted by Crippen LogP contribution is -2.32. The number of hydrogen-bond donors (Lipinski definition) is 2. The van der Waals surface area contributed by atoms with Crippen molar-refractivity contribution < 1.29 is 27.9 Å². The highest BCUT2D eigenvalue weighted by Gasteiger charge is 2.15. The Hall–Kier alpha value is -2.81. The Morgan fingerprint density at radius 3 is 2.52 bits per heavy atom. The zero-order valence-corrected chi connectivity index (χ0v) is 15.7. The molecule has 6 nitrogen and oxygen atoms in total. The standard InChI is InChI=1S/C18H15BrF2N2O4/c1-10-6-11(19)2-5-15(10)23-16(24)9-27-17(25)8-22-18(26)13-4-3-12(20)7-14(13)21/h2-7H,8-9H2,1H3,(H,22,26)(H,23,24). The summed E-state index contributed by atoms with van der Waals surface area (Å²) >= 11 is 3.31. The van der Waals surface area contributed by atoms with Gasteiger partial charge < -0.3 is 15.4 Å². The number of ether oxygens (including phenoxy) is 1. The van der Waals surface area contributed by atoms with E-state index in [-0.39, 0.29) is 0 Å². The zero-order valence-electron chi connectivity index (χ0n) is 14.1. The average molecular weight is 441 g/mol. The van der Waals surface area contributed by atoms with Crippen LogP contribution in [0.15, 0.2) is 40.9 Å². The molecule has 0 bridgehead atoms. The van der Waals surface area contributed by atoms with E-state index in [2.05, 4.69) is 26.6 Å². The molecule has 0 saturated heterocycles. The molecule has 0 heterocycles. The number of rotatable bonds is 6. The highest BCUT2D eigenvalue weighted by Crippen LogP contribution is 2.19. The van der Waals surface area contributed by atoms with Gasteiger partial charge in [-0.1, -0.05) is 15.9 Å². The van der Waals surface area contributed by atoms with Gasteiger partial charge in [0.15, 0.2) is 6.61 Å². The van der Waals surface area contributed by atoms with Crippen LogP contribution < -0.4 is 10.6 Å². The van der Waals surface area contributed by atoms with Crippen LogP contribution >= 0.6 is 15.9 Å². The summed E-state index contributed by atoms with van der Waals surface area (Å²) in [6.45, 7) is 0.686. The number of amides is 2. The van der Waals surface area contributed by atoms with Crippen LogP contribution in [0.3, 0.4) is 0 Å². The van der Waals surface area contributed by atoms with Crippen LogP contribution in [0.25, 0.3) is 0 Å². The minimum atomic E-state index is -1.05. The number of benzene rings is 2. The predicted molar refractivity (Wildman–Crippen MR) is 97.2 cm³/mol. The first-order valence-electron chi connectivity index (χ1n) is 7.71. The van der Waals surface area contributed by atoms with Crippen molar-refractivity contribution in [2.24, 2.45) is 0 Å². The third-order valence-electron chi connectivity index (χ3n) is 3.40. The molecular weight excluding hydrogens is 426 g/mol. The summed E-state index contributed by atoms with van der Waals surface area (Å²) < 4.78 is 31.9. The molecule has 0 aliphatic rings. The average Bonchev–Trinajstić information content (AvgIpc) is 2.60. The van der Waals surface area contributed by atoms with Gasteiger partial charge in [-0.2, -0.15) is 0 Å². The van der Waals surface area contributed by atoms with Crippen LogP contribution in [0.5, 0.6) is 0 Å². The van der Waals surface area contributed by atoms with E-state index in [1.807, 2.05) is 6.07 Å². The Morgan fingerprint density at radius 2 is 1.85 bits per heavy atom. The lowest BCUT2D eigenvalue weighted by atomic mass is 10.2. The summed E-state index contributed by atoms with van der Waals surface area (Å²) in [5.41, 5.74) is 0.977. The topological polar surface area (TPSA) is 84.5 Å². The van der Waals surface area contributed by atoms with Crippen molar-refractivity contribution in [2.75, 3.05) is 18.5 Å². The molecule has 0 radical (unpaired) electrons. The van der Waals surface area contributed by atoms with E-state index in [0.717, 1.165) is 22.2 Å². The summed E-state index contributed by atoms with van der Waals surface area (Å²) in [6, 6.07) is 7.69. The van der Waals surface area contributed by atoms with Crippen LogP contribution in [0.4, 0.5) is 14.5 Å². The van der Waals surface area contributed by atoms with Gasteiger partial charge in [0.25, 0.3) is 11.8 Å². The highest BCUT2D eigenvalue weighted by molar-refractivity contribution is 9.10. The first-order valence-corrected chi connectivity index (χ1v) is 8.50. The van der Waals surface area contributed by atoms with Crippen molar-refractivity contribution in [2.45, 2.75) is 6.92 Å². The van der Waals surface area contributed by atoms with Crippen LogP contribution in [0, 0.1) is 18.6 Å². The molecule has 2 aromatic carbocycles. The maximum Gasteiger partial charge on any atom is 0.325 e. The van der Waals surface area contributed by atoms with E-state index in [1.54, 1.807) is 19.1 Å². The molecule has 0 spiro atoms. The second-order valence-corrected chi connectivity index (χ2v) is 6.39. The quantitative estimate of drug-likeness (QED) is 0.676. The Kier molecular flexibility index (Phi) is 7.00. The van der Waals surface area contributed by atoms with Crippen LogP contribution in [-0.4, -0.2) is 30.9 Å². The van der Waals surface area contributed by atoms with Crippen molar-refractivity contribution >= 4 is 39.4 Å². The molecule has 0 aliphatic carbocycles. The molecule has 27 heavy (non-hydrogen) atoms. The number of esters is 1. The van der Waals surface area contributed by atoms with Crippen LogP contribution in [-0.2, 0) is 14.3 Å². The minimum absolute atomic E-state index is 0.410. The molecular formula is C18H15BrF2N2O4. The summed E-state index contributed by atoms with van der Waals surface area (Å²) in [5, 5.41) is 4.72. The maximum absolute atomic E-state index is 13.5. The van der Waals surface area contributed by atoms with Gasteiger partial charge in [0.2, 0.25) is 0 Å². The Labute approximate surface area is 162 Å². The maximum atomic E-state index is 13.5. The summed E-state index contributed by atoms with van der Waals surface area (Å²) in [7, 11) is 0. The summed E-state index contributed by atoms with van der Waals surface area (Å²) in [5.74, 6) is -4.21. The lowest BCUT2D eigenvalue weighted by molar-refractivity contribution is -0.146. The number of aryl methyl sites for hydroxylation is 1. The number of nitrogens with one attached hydrogen (secondary N) is 2. The number of carbonyl (C=O) groups is 3. The largest absolute Gasteiger partial charge is 0.454 e. The fourth-order valence-electron chi connectivity index (χ4n) is 2.07. The zero-order chi connectivity index (χ0) is 20.0. The fraction of sp³-hybridized carbons (Fsp3) is 0.167. The fourth-order valence-corrected chi connectivity index (χ4v) is 2.55. The molecule has 0 unspecified atom stereocenters. The molecule has 142 valence electrons. The Bertz CT molecular complexity index is 890. The van der Waals surface area contributed by atoms with Crippen LogP contribution in [0.1, 0.15) is 15.9 Å². The molecule has 0 fully saturated rings. The van der Waals surface area contributed by atoms with E-state index in [1.165, 1.54) is 0 Å². The molecule has 9 heteroatoms. The minimum Gasteiger partial charge on any atom is -0.454 e. The highest BCUT2D eigenvalue weighted by atomic mass is 79.9. The predicted octanol–water partition coefficient (Wildman–Crippen LogP) is 2.95. The van der Waals surface area contributed by atoms with Gasteiger partial charge in [-0.15, -0.1) is 0 Å². The second-order valence-electron chi connectivity index (χ2n) is 5.47. The number of carbonyl (C=O) groups excluding carboxylic acids is 3. The van der Waals surface area contributed by atoms with E-state index < -0.39 is 48.1 Å². The molecule has 0 aliphatic heterocycles. The summed E-state index contributed by atoms with van der Waals surface area (Å²) in [4.78, 5) is 35.2. The second kappa shape index (κ2) is 9.22. The van der Waals surface area contributed by atoms with Gasteiger partial charge in [-0.3, -0.25) is 14.4 Å². The van der Waals surface area contributed by atoms with Gasteiger partial charge in [-0.05, 0) is 42.8 Å². The SMILES string of the molecule is Cc1cc(Br)ccc1NC(=O)COC(=O)CNC(=O)c1ccc(F)cc1F. The van der Waals surface area contributed by atoms with Crippen molar-refractivity contribution in [3.63, 3.8) is 0 Å². The van der Waals surface area contributed by atoms with Gasteiger partial charge in [0.1, 0.15) is 18.2 Å². The molecule has 2 N–H and O–H groups in total. The normalized spacial score (nSPS) is 10.2. The van der Waals surface area contributed by atoms with E-state index in [9.17, 15) is 23.2 Å². The van der Waals surface area contributed by atoms with Crippen molar-refractivity contribution in [3.05, 3.63) is 63.6 Å². The van der Waals surface area contributed by atoms with Gasteiger partial charge >= 0.3 is 5.97 Å². The number of hydrogen-bond acceptors (Lipinski definition) is 4. The van der Waals surface area contributed by atoms with Crippen molar-refractivity contribution in [1.29, 1.82) is 0 Å². The molecule has 0 aromatic heterocycles. The van der Waals surface area contributed by atoms with Gasteiger partial charge in [0.05, 0.1) is 5.56 Å². The first-order chi connectivity index (χ1) is 12.8.